The maximum absolute atomic E-state index is 13.3. The van der Waals surface area contributed by atoms with Crippen molar-refractivity contribution in [1.29, 1.82) is 0 Å². The van der Waals surface area contributed by atoms with Crippen molar-refractivity contribution in [2.24, 2.45) is 0 Å². The van der Waals surface area contributed by atoms with Crippen molar-refractivity contribution in [3.8, 4) is 0 Å². The van der Waals surface area contributed by atoms with E-state index >= 15 is 0 Å². The maximum Gasteiger partial charge on any atom is 0.126 e. The van der Waals surface area contributed by atoms with Gasteiger partial charge in [0.05, 0.1) is 0 Å². The number of nitrogens with one attached hydrogen (secondary N) is 1. The van der Waals surface area contributed by atoms with Crippen molar-refractivity contribution < 1.29 is 13.2 Å². The van der Waals surface area contributed by atoms with Crippen LogP contribution in [0.4, 0.5) is 13.2 Å². The van der Waals surface area contributed by atoms with E-state index < -0.39 is 11.6 Å². The van der Waals surface area contributed by atoms with Crippen molar-refractivity contribution in [2.75, 3.05) is 6.54 Å². The number of likely N-dealkylation sites (N-methyl/N-ethyl adjacent to an activating group) is 1. The molecule has 0 fully saturated rings. The van der Waals surface area contributed by atoms with Crippen LogP contribution in [0.5, 0.6) is 0 Å². The highest BCUT2D eigenvalue weighted by Gasteiger charge is 2.13. The van der Waals surface area contributed by atoms with Gasteiger partial charge >= 0.3 is 0 Å². The predicted molar refractivity (Wildman–Crippen MR) is 72.9 cm³/mol. The van der Waals surface area contributed by atoms with Crippen molar-refractivity contribution in [1.82, 2.24) is 5.32 Å². The zero-order valence-corrected chi connectivity index (χ0v) is 11.2. The van der Waals surface area contributed by atoms with Gasteiger partial charge in [0.25, 0.3) is 0 Å². The van der Waals surface area contributed by atoms with E-state index in [2.05, 4.69) is 5.32 Å². The lowest BCUT2D eigenvalue weighted by molar-refractivity contribution is 0.534. The molecule has 0 amide bonds. The summed E-state index contributed by atoms with van der Waals surface area (Å²) >= 11 is 0. The Morgan fingerprint density at radius 1 is 0.950 bits per heavy atom. The Hall–Kier alpha value is -1.81. The molecule has 0 bridgehead atoms. The van der Waals surface area contributed by atoms with Crippen LogP contribution in [0.15, 0.2) is 42.5 Å². The van der Waals surface area contributed by atoms with Crippen LogP contribution < -0.4 is 5.32 Å². The Labute approximate surface area is 116 Å². The highest BCUT2D eigenvalue weighted by atomic mass is 19.1. The average molecular weight is 279 g/mol. The molecular formula is C16H16F3N. The van der Waals surface area contributed by atoms with Gasteiger partial charge in [-0.25, -0.2) is 13.2 Å². The van der Waals surface area contributed by atoms with Crippen molar-refractivity contribution in [2.45, 2.75) is 19.4 Å². The number of benzene rings is 2. The van der Waals surface area contributed by atoms with Gasteiger partial charge in [0.2, 0.25) is 0 Å². The molecule has 2 rings (SSSR count). The van der Waals surface area contributed by atoms with E-state index in [1.165, 1.54) is 24.3 Å². The lowest BCUT2D eigenvalue weighted by Gasteiger charge is -2.18. The summed E-state index contributed by atoms with van der Waals surface area (Å²) in [6.45, 7) is 2.61. The molecule has 1 atom stereocenters. The first-order valence-electron chi connectivity index (χ1n) is 6.52. The number of hydrogen-bond donors (Lipinski definition) is 1. The van der Waals surface area contributed by atoms with Crippen LogP contribution in [0.25, 0.3) is 0 Å². The van der Waals surface area contributed by atoms with E-state index in [4.69, 9.17) is 0 Å². The normalized spacial score (nSPS) is 12.4. The maximum atomic E-state index is 13.3. The first kappa shape index (κ1) is 14.6. The number of halogens is 3. The second kappa shape index (κ2) is 6.57. The third-order valence-corrected chi connectivity index (χ3v) is 3.06. The highest BCUT2D eigenvalue weighted by molar-refractivity contribution is 5.25. The third-order valence-electron chi connectivity index (χ3n) is 3.06. The standard InChI is InChI=1S/C16H16F3N/c1-2-20-16(12-4-3-5-13(17)9-12)8-11-6-14(18)10-15(19)7-11/h3-7,9-10,16,20H,2,8H2,1H3. The van der Waals surface area contributed by atoms with Crippen molar-refractivity contribution in [3.63, 3.8) is 0 Å². The molecule has 0 aliphatic heterocycles. The fourth-order valence-electron chi connectivity index (χ4n) is 2.24. The molecule has 0 aromatic heterocycles. The molecule has 1 unspecified atom stereocenters. The molecule has 0 spiro atoms. The predicted octanol–water partition coefficient (Wildman–Crippen LogP) is 4.00. The monoisotopic (exact) mass is 279 g/mol. The summed E-state index contributed by atoms with van der Waals surface area (Å²) in [6, 6.07) is 9.48. The Bertz CT molecular complexity index is 563. The number of hydrogen-bond acceptors (Lipinski definition) is 1. The summed E-state index contributed by atoms with van der Waals surface area (Å²) in [5, 5.41) is 3.20. The van der Waals surface area contributed by atoms with Gasteiger partial charge < -0.3 is 5.32 Å². The van der Waals surface area contributed by atoms with Crippen LogP contribution in [0.1, 0.15) is 24.1 Å². The summed E-state index contributed by atoms with van der Waals surface area (Å²) in [7, 11) is 0. The molecule has 1 N–H and O–H groups in total. The molecule has 106 valence electrons. The molecule has 0 aliphatic rings. The topological polar surface area (TPSA) is 12.0 Å². The molecule has 0 radical (unpaired) electrons. The van der Waals surface area contributed by atoms with Crippen LogP contribution in [0.3, 0.4) is 0 Å². The van der Waals surface area contributed by atoms with Crippen LogP contribution in [0, 0.1) is 17.5 Å². The molecule has 2 aromatic rings. The summed E-state index contributed by atoms with van der Waals surface area (Å²) in [6.07, 6.45) is 0.395. The summed E-state index contributed by atoms with van der Waals surface area (Å²) in [4.78, 5) is 0. The zero-order valence-electron chi connectivity index (χ0n) is 11.2. The highest BCUT2D eigenvalue weighted by Crippen LogP contribution is 2.20. The fraction of sp³-hybridized carbons (Fsp3) is 0.250. The Kier molecular flexibility index (Phi) is 4.79. The number of rotatable bonds is 5. The third kappa shape index (κ3) is 3.84. The molecule has 2 aromatic carbocycles. The van der Waals surface area contributed by atoms with Crippen molar-refractivity contribution >= 4 is 0 Å². The summed E-state index contributed by atoms with van der Waals surface area (Å²) < 4.78 is 39.7. The molecule has 0 saturated heterocycles. The van der Waals surface area contributed by atoms with Gasteiger partial charge in [-0.2, -0.15) is 0 Å². The molecule has 20 heavy (non-hydrogen) atoms. The molecule has 1 nitrogen and oxygen atoms in total. The van der Waals surface area contributed by atoms with Crippen LogP contribution in [0.2, 0.25) is 0 Å². The van der Waals surface area contributed by atoms with Gasteiger partial charge in [-0.05, 0) is 48.4 Å². The van der Waals surface area contributed by atoms with Gasteiger partial charge in [-0.3, -0.25) is 0 Å². The lowest BCUT2D eigenvalue weighted by Crippen LogP contribution is -2.23. The molecular weight excluding hydrogens is 263 g/mol. The minimum Gasteiger partial charge on any atom is -0.310 e. The Morgan fingerprint density at radius 3 is 2.25 bits per heavy atom. The minimum absolute atomic E-state index is 0.183. The van der Waals surface area contributed by atoms with Crippen LogP contribution >= 0.6 is 0 Å². The lowest BCUT2D eigenvalue weighted by atomic mass is 9.98. The van der Waals surface area contributed by atoms with E-state index in [-0.39, 0.29) is 11.9 Å². The van der Waals surface area contributed by atoms with Gasteiger partial charge in [0.1, 0.15) is 17.5 Å². The van der Waals surface area contributed by atoms with E-state index in [1.54, 1.807) is 12.1 Å². The summed E-state index contributed by atoms with van der Waals surface area (Å²) in [5.74, 6) is -1.53. The van der Waals surface area contributed by atoms with Gasteiger partial charge in [-0.15, -0.1) is 0 Å². The van der Waals surface area contributed by atoms with E-state index in [1.807, 2.05) is 6.92 Å². The van der Waals surface area contributed by atoms with Gasteiger partial charge in [0.15, 0.2) is 0 Å². The van der Waals surface area contributed by atoms with Gasteiger partial charge in [-0.1, -0.05) is 19.1 Å². The SMILES string of the molecule is CCNC(Cc1cc(F)cc(F)c1)c1cccc(F)c1. The van der Waals surface area contributed by atoms with Crippen molar-refractivity contribution in [3.05, 3.63) is 71.0 Å². The first-order chi connectivity index (χ1) is 9.58. The Morgan fingerprint density at radius 2 is 1.65 bits per heavy atom. The molecule has 0 heterocycles. The summed E-state index contributed by atoms with van der Waals surface area (Å²) in [5.41, 5.74) is 1.30. The van der Waals surface area contributed by atoms with E-state index in [9.17, 15) is 13.2 Å². The van der Waals surface area contributed by atoms with Crippen LogP contribution in [-0.2, 0) is 6.42 Å². The minimum atomic E-state index is -0.602. The second-order valence-electron chi connectivity index (χ2n) is 4.65. The van der Waals surface area contributed by atoms with E-state index in [0.29, 0.717) is 18.5 Å². The molecule has 4 heteroatoms. The zero-order chi connectivity index (χ0) is 14.5. The Balaban J connectivity index is 2.25. The van der Waals surface area contributed by atoms with E-state index in [0.717, 1.165) is 11.6 Å². The quantitative estimate of drug-likeness (QED) is 0.872. The molecule has 0 aliphatic carbocycles. The average Bonchev–Trinajstić information content (AvgIpc) is 2.37. The fourth-order valence-corrected chi connectivity index (χ4v) is 2.24. The molecule has 0 saturated carbocycles. The largest absolute Gasteiger partial charge is 0.310 e. The van der Waals surface area contributed by atoms with Gasteiger partial charge in [0, 0.05) is 12.1 Å². The first-order valence-corrected chi connectivity index (χ1v) is 6.52. The second-order valence-corrected chi connectivity index (χ2v) is 4.65. The smallest absolute Gasteiger partial charge is 0.126 e. The van der Waals surface area contributed by atoms with Crippen LogP contribution in [-0.4, -0.2) is 6.54 Å².